The van der Waals surface area contributed by atoms with Gasteiger partial charge in [-0.25, -0.2) is 0 Å². The van der Waals surface area contributed by atoms with E-state index in [9.17, 15) is 14.4 Å². The highest BCUT2D eigenvalue weighted by Gasteiger charge is 2.24. The van der Waals surface area contributed by atoms with Crippen LogP contribution in [-0.4, -0.2) is 71.9 Å². The van der Waals surface area contributed by atoms with Crippen molar-refractivity contribution < 1.29 is 19.1 Å². The summed E-state index contributed by atoms with van der Waals surface area (Å²) in [6.45, 7) is 7.57. The third-order valence-corrected chi connectivity index (χ3v) is 5.91. The monoisotopic (exact) mass is 425 g/mol. The predicted octanol–water partition coefficient (Wildman–Crippen LogP) is 2.70. The lowest BCUT2D eigenvalue weighted by atomic mass is 10.1. The van der Waals surface area contributed by atoms with Crippen molar-refractivity contribution in [3.05, 3.63) is 58.9 Å². The largest absolute Gasteiger partial charge is 0.469 e. The van der Waals surface area contributed by atoms with E-state index in [4.69, 9.17) is 4.74 Å². The van der Waals surface area contributed by atoms with Crippen LogP contribution in [0.15, 0.2) is 36.4 Å². The van der Waals surface area contributed by atoms with Gasteiger partial charge in [-0.2, -0.15) is 0 Å². The molecule has 7 heteroatoms. The van der Waals surface area contributed by atoms with E-state index in [-0.39, 0.29) is 17.7 Å². The number of rotatable bonds is 8. The average molecular weight is 426 g/mol. The Labute approximate surface area is 183 Å². The van der Waals surface area contributed by atoms with Crippen LogP contribution >= 0.6 is 0 Å². The summed E-state index contributed by atoms with van der Waals surface area (Å²) < 4.78 is 6.78. The van der Waals surface area contributed by atoms with E-state index in [1.807, 2.05) is 55.1 Å². The lowest BCUT2D eigenvalue weighted by molar-refractivity contribution is -0.140. The minimum absolute atomic E-state index is 0.0436. The van der Waals surface area contributed by atoms with Crippen molar-refractivity contribution in [1.82, 2.24) is 14.4 Å². The van der Waals surface area contributed by atoms with Gasteiger partial charge in [-0.1, -0.05) is 18.2 Å². The van der Waals surface area contributed by atoms with Crippen LogP contribution in [0.25, 0.3) is 0 Å². The number of benzene rings is 1. The number of esters is 1. The maximum atomic E-state index is 13.0. The molecule has 0 saturated carbocycles. The van der Waals surface area contributed by atoms with Crippen molar-refractivity contribution in [1.29, 1.82) is 0 Å². The minimum Gasteiger partial charge on any atom is -0.469 e. The lowest BCUT2D eigenvalue weighted by Crippen LogP contribution is -2.49. The molecular formula is C24H31N3O4. The number of Topliss-reactive ketones (excluding diaryl/α,β-unsaturated/α-hetero) is 1. The summed E-state index contributed by atoms with van der Waals surface area (Å²) in [6.07, 6.45) is 1.04. The second-order valence-corrected chi connectivity index (χ2v) is 7.97. The second kappa shape index (κ2) is 10.4. The average Bonchev–Trinajstić information content (AvgIpc) is 3.08. The van der Waals surface area contributed by atoms with Crippen molar-refractivity contribution in [3.63, 3.8) is 0 Å². The van der Waals surface area contributed by atoms with Crippen molar-refractivity contribution in [2.45, 2.75) is 33.2 Å². The highest BCUT2D eigenvalue weighted by molar-refractivity contribution is 5.99. The van der Waals surface area contributed by atoms with Crippen molar-refractivity contribution >= 4 is 17.7 Å². The molecule has 2 aromatic rings. The Morgan fingerprint density at radius 1 is 1.00 bits per heavy atom. The van der Waals surface area contributed by atoms with Gasteiger partial charge in [0.2, 0.25) is 0 Å². The van der Waals surface area contributed by atoms with Gasteiger partial charge in [0.05, 0.1) is 13.7 Å². The Balaban J connectivity index is 1.53. The van der Waals surface area contributed by atoms with Gasteiger partial charge in [-0.3, -0.25) is 19.3 Å². The van der Waals surface area contributed by atoms with E-state index >= 15 is 0 Å². The Bertz CT molecular complexity index is 928. The summed E-state index contributed by atoms with van der Waals surface area (Å²) in [4.78, 5) is 40.8. The van der Waals surface area contributed by atoms with Gasteiger partial charge in [-0.05, 0) is 38.5 Å². The first kappa shape index (κ1) is 22.7. The molecule has 0 spiro atoms. The number of carbonyl (C=O) groups excluding carboxylic acids is 3. The highest BCUT2D eigenvalue weighted by Crippen LogP contribution is 2.18. The minimum atomic E-state index is -0.219. The molecule has 1 aliphatic rings. The predicted molar refractivity (Wildman–Crippen MR) is 118 cm³/mol. The molecule has 7 nitrogen and oxygen atoms in total. The Morgan fingerprint density at radius 2 is 1.68 bits per heavy atom. The molecule has 1 amide bonds. The molecule has 166 valence electrons. The topological polar surface area (TPSA) is 71.8 Å². The first-order valence-electron chi connectivity index (χ1n) is 10.7. The van der Waals surface area contributed by atoms with Crippen molar-refractivity contribution in [3.8, 4) is 0 Å². The lowest BCUT2D eigenvalue weighted by Gasteiger charge is -2.34. The molecule has 3 rings (SSSR count). The molecule has 0 aliphatic carbocycles. The third-order valence-electron chi connectivity index (χ3n) is 5.91. The standard InChI is InChI=1S/C24H31N3O4/c1-18-16-21(19(2)27(18)11-7-10-23(29)31-3)22(28)17-25-12-14-26(15-13-25)24(30)20-8-5-4-6-9-20/h4-6,8-9,16H,7,10-15,17H2,1-3H3. The van der Waals surface area contributed by atoms with Crippen LogP contribution in [0.2, 0.25) is 0 Å². The first-order valence-corrected chi connectivity index (χ1v) is 10.7. The number of carbonyl (C=O) groups is 3. The molecule has 0 atom stereocenters. The number of aromatic nitrogens is 1. The molecule has 0 unspecified atom stereocenters. The summed E-state index contributed by atoms with van der Waals surface area (Å²) in [7, 11) is 1.39. The molecule has 1 fully saturated rings. The molecule has 1 aliphatic heterocycles. The normalized spacial score (nSPS) is 14.5. The zero-order valence-electron chi connectivity index (χ0n) is 18.6. The van der Waals surface area contributed by atoms with Gasteiger partial charge in [0, 0.05) is 61.7 Å². The summed E-state index contributed by atoms with van der Waals surface area (Å²) >= 11 is 0. The SMILES string of the molecule is COC(=O)CCCn1c(C)cc(C(=O)CN2CCN(C(=O)c3ccccc3)CC2)c1C. The molecule has 0 N–H and O–H groups in total. The zero-order valence-corrected chi connectivity index (χ0v) is 18.6. The maximum absolute atomic E-state index is 13.0. The molecular weight excluding hydrogens is 394 g/mol. The van der Waals surface area contributed by atoms with Gasteiger partial charge >= 0.3 is 5.97 Å². The van der Waals surface area contributed by atoms with Gasteiger partial charge in [-0.15, -0.1) is 0 Å². The number of amides is 1. The Hall–Kier alpha value is -2.93. The van der Waals surface area contributed by atoms with Crippen molar-refractivity contribution in [2.24, 2.45) is 0 Å². The van der Waals surface area contributed by atoms with E-state index in [0.29, 0.717) is 57.7 Å². The van der Waals surface area contributed by atoms with Crippen LogP contribution in [0, 0.1) is 13.8 Å². The number of hydrogen-bond acceptors (Lipinski definition) is 5. The van der Waals surface area contributed by atoms with E-state index in [2.05, 4.69) is 9.47 Å². The van der Waals surface area contributed by atoms with Gasteiger partial charge in [0.1, 0.15) is 0 Å². The number of hydrogen-bond donors (Lipinski definition) is 0. The first-order chi connectivity index (χ1) is 14.9. The van der Waals surface area contributed by atoms with E-state index in [0.717, 1.165) is 17.0 Å². The van der Waals surface area contributed by atoms with E-state index < -0.39 is 0 Å². The molecule has 0 radical (unpaired) electrons. The number of piperazine rings is 1. The van der Waals surface area contributed by atoms with Gasteiger partial charge < -0.3 is 14.2 Å². The van der Waals surface area contributed by atoms with Gasteiger partial charge in [0.15, 0.2) is 5.78 Å². The van der Waals surface area contributed by atoms with Crippen molar-refractivity contribution in [2.75, 3.05) is 39.8 Å². The van der Waals surface area contributed by atoms with E-state index in [1.165, 1.54) is 7.11 Å². The number of methoxy groups -OCH3 is 1. The fraction of sp³-hybridized carbons (Fsp3) is 0.458. The number of ether oxygens (including phenoxy) is 1. The zero-order chi connectivity index (χ0) is 22.4. The maximum Gasteiger partial charge on any atom is 0.305 e. The molecule has 2 heterocycles. The summed E-state index contributed by atoms with van der Waals surface area (Å²) in [5.74, 6) is -0.0825. The van der Waals surface area contributed by atoms with E-state index in [1.54, 1.807) is 0 Å². The fourth-order valence-electron chi connectivity index (χ4n) is 4.07. The molecule has 0 bridgehead atoms. The molecule has 1 aromatic heterocycles. The van der Waals surface area contributed by atoms with Crippen LogP contribution in [0.3, 0.4) is 0 Å². The Morgan fingerprint density at radius 3 is 2.32 bits per heavy atom. The number of ketones is 1. The third kappa shape index (κ3) is 5.61. The summed E-state index contributed by atoms with van der Waals surface area (Å²) in [5, 5.41) is 0. The number of nitrogens with zero attached hydrogens (tertiary/aromatic N) is 3. The molecule has 31 heavy (non-hydrogen) atoms. The van der Waals surface area contributed by atoms with Crippen LogP contribution in [0.1, 0.15) is 44.9 Å². The molecule has 1 aromatic carbocycles. The Kier molecular flexibility index (Phi) is 7.63. The van der Waals surface area contributed by atoms with Gasteiger partial charge in [0.25, 0.3) is 5.91 Å². The fourth-order valence-corrected chi connectivity index (χ4v) is 4.07. The smallest absolute Gasteiger partial charge is 0.305 e. The summed E-state index contributed by atoms with van der Waals surface area (Å²) in [6, 6.07) is 11.2. The van der Waals surface area contributed by atoms with Crippen LogP contribution in [0.5, 0.6) is 0 Å². The highest BCUT2D eigenvalue weighted by atomic mass is 16.5. The van der Waals surface area contributed by atoms with Crippen LogP contribution < -0.4 is 0 Å². The van der Waals surface area contributed by atoms with Crippen LogP contribution in [0.4, 0.5) is 0 Å². The molecule has 1 saturated heterocycles. The number of aryl methyl sites for hydroxylation is 1. The second-order valence-electron chi connectivity index (χ2n) is 7.97. The quantitative estimate of drug-likeness (QED) is 0.480. The van der Waals surface area contributed by atoms with Crippen LogP contribution in [-0.2, 0) is 16.1 Å². The summed E-state index contributed by atoms with van der Waals surface area (Å²) in [5.41, 5.74) is 3.39.